The fourth-order valence-electron chi connectivity index (χ4n) is 1.65. The third kappa shape index (κ3) is 2.46. The second-order valence-electron chi connectivity index (χ2n) is 3.46. The van der Waals surface area contributed by atoms with Crippen LogP contribution in [0.1, 0.15) is 38.0 Å². The molecule has 1 saturated carbocycles. The lowest BCUT2D eigenvalue weighted by Crippen LogP contribution is -2.07. The SMILES string of the molecule is Cc1nnc(SC2CCCCC2)o1. The molecule has 0 spiro atoms. The molecule has 0 N–H and O–H groups in total. The van der Waals surface area contributed by atoms with E-state index < -0.39 is 0 Å². The van der Waals surface area contributed by atoms with Crippen LogP contribution in [0.4, 0.5) is 0 Å². The zero-order valence-corrected chi connectivity index (χ0v) is 8.64. The third-order valence-corrected chi connectivity index (χ3v) is 3.50. The van der Waals surface area contributed by atoms with Gasteiger partial charge in [-0.3, -0.25) is 0 Å². The van der Waals surface area contributed by atoms with E-state index in [2.05, 4.69) is 10.2 Å². The van der Waals surface area contributed by atoms with Gasteiger partial charge in [-0.1, -0.05) is 31.0 Å². The lowest BCUT2D eigenvalue weighted by atomic mass is 10.0. The van der Waals surface area contributed by atoms with Crippen LogP contribution in [-0.4, -0.2) is 15.4 Å². The van der Waals surface area contributed by atoms with Crippen LogP contribution in [0, 0.1) is 6.92 Å². The first-order valence-electron chi connectivity index (χ1n) is 4.81. The Morgan fingerprint density at radius 1 is 1.23 bits per heavy atom. The molecule has 1 aliphatic rings. The first-order chi connectivity index (χ1) is 6.34. The number of hydrogen-bond donors (Lipinski definition) is 0. The molecule has 0 radical (unpaired) electrons. The Morgan fingerprint density at radius 3 is 2.62 bits per heavy atom. The molecule has 1 aliphatic carbocycles. The largest absolute Gasteiger partial charge is 0.416 e. The van der Waals surface area contributed by atoms with E-state index >= 15 is 0 Å². The Morgan fingerprint density at radius 2 is 2.00 bits per heavy atom. The van der Waals surface area contributed by atoms with E-state index in [4.69, 9.17) is 4.42 Å². The van der Waals surface area contributed by atoms with Crippen molar-refractivity contribution < 1.29 is 4.42 Å². The number of rotatable bonds is 2. The summed E-state index contributed by atoms with van der Waals surface area (Å²) in [5.74, 6) is 0.665. The smallest absolute Gasteiger partial charge is 0.276 e. The van der Waals surface area contributed by atoms with Crippen molar-refractivity contribution in [2.45, 2.75) is 49.5 Å². The summed E-state index contributed by atoms with van der Waals surface area (Å²) in [7, 11) is 0. The van der Waals surface area contributed by atoms with Crippen molar-refractivity contribution in [3.8, 4) is 0 Å². The van der Waals surface area contributed by atoms with E-state index in [0.717, 1.165) is 5.22 Å². The second-order valence-corrected chi connectivity index (χ2v) is 4.72. The Bertz CT molecular complexity index is 268. The van der Waals surface area contributed by atoms with Crippen molar-refractivity contribution in [3.63, 3.8) is 0 Å². The standard InChI is InChI=1S/C9H14N2OS/c1-7-10-11-9(12-7)13-8-5-3-2-4-6-8/h8H,2-6H2,1H3. The Labute approximate surface area is 82.3 Å². The van der Waals surface area contributed by atoms with Gasteiger partial charge in [0.15, 0.2) is 0 Å². The topological polar surface area (TPSA) is 38.9 Å². The van der Waals surface area contributed by atoms with Crippen LogP contribution in [-0.2, 0) is 0 Å². The van der Waals surface area contributed by atoms with E-state index in [9.17, 15) is 0 Å². The van der Waals surface area contributed by atoms with E-state index in [1.54, 1.807) is 11.8 Å². The molecule has 72 valence electrons. The summed E-state index contributed by atoms with van der Waals surface area (Å²) < 4.78 is 5.33. The van der Waals surface area contributed by atoms with Crippen LogP contribution in [0.2, 0.25) is 0 Å². The van der Waals surface area contributed by atoms with Crippen LogP contribution < -0.4 is 0 Å². The maximum atomic E-state index is 5.33. The molecule has 1 aromatic heterocycles. The molecule has 1 aromatic rings. The summed E-state index contributed by atoms with van der Waals surface area (Å²) in [6, 6.07) is 0. The quantitative estimate of drug-likeness (QED) is 0.732. The van der Waals surface area contributed by atoms with Gasteiger partial charge in [0.25, 0.3) is 5.22 Å². The third-order valence-electron chi connectivity index (χ3n) is 2.33. The molecule has 2 rings (SSSR count). The van der Waals surface area contributed by atoms with E-state index in [0.29, 0.717) is 11.1 Å². The minimum Gasteiger partial charge on any atom is -0.416 e. The molecular weight excluding hydrogens is 184 g/mol. The molecule has 4 heteroatoms. The molecule has 0 atom stereocenters. The number of nitrogens with zero attached hydrogens (tertiary/aromatic N) is 2. The second kappa shape index (κ2) is 4.13. The monoisotopic (exact) mass is 198 g/mol. The lowest BCUT2D eigenvalue weighted by Gasteiger charge is -2.18. The predicted molar refractivity (Wildman–Crippen MR) is 51.8 cm³/mol. The van der Waals surface area contributed by atoms with Gasteiger partial charge in [-0.2, -0.15) is 0 Å². The summed E-state index contributed by atoms with van der Waals surface area (Å²) >= 11 is 1.75. The van der Waals surface area contributed by atoms with Gasteiger partial charge in [0.05, 0.1) is 0 Å². The van der Waals surface area contributed by atoms with Crippen molar-refractivity contribution in [1.29, 1.82) is 0 Å². The van der Waals surface area contributed by atoms with Crippen molar-refractivity contribution in [2.75, 3.05) is 0 Å². The molecule has 1 heterocycles. The highest BCUT2D eigenvalue weighted by atomic mass is 32.2. The van der Waals surface area contributed by atoms with Gasteiger partial charge in [0, 0.05) is 12.2 Å². The van der Waals surface area contributed by atoms with Gasteiger partial charge in [-0.15, -0.1) is 10.2 Å². The zero-order valence-electron chi connectivity index (χ0n) is 7.82. The summed E-state index contributed by atoms with van der Waals surface area (Å²) in [6.07, 6.45) is 6.69. The number of aromatic nitrogens is 2. The normalized spacial score (nSPS) is 19.2. The Balaban J connectivity index is 1.89. The highest BCUT2D eigenvalue weighted by Crippen LogP contribution is 2.32. The van der Waals surface area contributed by atoms with Crippen LogP contribution in [0.15, 0.2) is 9.64 Å². The van der Waals surface area contributed by atoms with Crippen LogP contribution in [0.3, 0.4) is 0 Å². The minimum atomic E-state index is 0.665. The highest BCUT2D eigenvalue weighted by Gasteiger charge is 2.17. The van der Waals surface area contributed by atoms with E-state index in [1.165, 1.54) is 32.1 Å². The van der Waals surface area contributed by atoms with Gasteiger partial charge in [-0.05, 0) is 12.8 Å². The first kappa shape index (κ1) is 9.06. The molecule has 0 unspecified atom stereocenters. The molecule has 0 amide bonds. The molecule has 0 aliphatic heterocycles. The maximum Gasteiger partial charge on any atom is 0.276 e. The van der Waals surface area contributed by atoms with Crippen molar-refractivity contribution in [2.24, 2.45) is 0 Å². The molecule has 13 heavy (non-hydrogen) atoms. The zero-order chi connectivity index (χ0) is 9.10. The Kier molecular flexibility index (Phi) is 2.88. The first-order valence-corrected chi connectivity index (χ1v) is 5.69. The van der Waals surface area contributed by atoms with Gasteiger partial charge >= 0.3 is 0 Å². The van der Waals surface area contributed by atoms with E-state index in [-0.39, 0.29) is 0 Å². The summed E-state index contributed by atoms with van der Waals surface area (Å²) in [6.45, 7) is 1.83. The fraction of sp³-hybridized carbons (Fsp3) is 0.778. The molecule has 0 aromatic carbocycles. The summed E-state index contributed by atoms with van der Waals surface area (Å²) in [5.41, 5.74) is 0. The van der Waals surface area contributed by atoms with Crippen molar-refractivity contribution >= 4 is 11.8 Å². The summed E-state index contributed by atoms with van der Waals surface area (Å²) in [4.78, 5) is 0. The average molecular weight is 198 g/mol. The molecule has 1 fully saturated rings. The lowest BCUT2D eigenvalue weighted by molar-refractivity contribution is 0.425. The van der Waals surface area contributed by atoms with Crippen molar-refractivity contribution in [3.05, 3.63) is 5.89 Å². The molecular formula is C9H14N2OS. The minimum absolute atomic E-state index is 0.665. The number of thioether (sulfide) groups is 1. The number of aryl methyl sites for hydroxylation is 1. The van der Waals surface area contributed by atoms with Crippen molar-refractivity contribution in [1.82, 2.24) is 10.2 Å². The van der Waals surface area contributed by atoms with Crippen LogP contribution in [0.25, 0.3) is 0 Å². The fourth-order valence-corrected chi connectivity index (χ4v) is 2.76. The average Bonchev–Trinajstić information content (AvgIpc) is 2.53. The highest BCUT2D eigenvalue weighted by molar-refractivity contribution is 7.99. The van der Waals surface area contributed by atoms with Gasteiger partial charge in [0.2, 0.25) is 5.89 Å². The van der Waals surface area contributed by atoms with Gasteiger partial charge in [-0.25, -0.2) is 0 Å². The van der Waals surface area contributed by atoms with Crippen LogP contribution in [0.5, 0.6) is 0 Å². The maximum absolute atomic E-state index is 5.33. The van der Waals surface area contributed by atoms with Gasteiger partial charge in [0.1, 0.15) is 0 Å². The Hall–Kier alpha value is -0.510. The van der Waals surface area contributed by atoms with Crippen LogP contribution >= 0.6 is 11.8 Å². The summed E-state index contributed by atoms with van der Waals surface area (Å²) in [5, 5.41) is 9.24. The molecule has 0 saturated heterocycles. The van der Waals surface area contributed by atoms with Gasteiger partial charge < -0.3 is 4.42 Å². The number of hydrogen-bond acceptors (Lipinski definition) is 4. The molecule has 3 nitrogen and oxygen atoms in total. The predicted octanol–water partition coefficient (Wildman–Crippen LogP) is 2.80. The van der Waals surface area contributed by atoms with E-state index in [1.807, 2.05) is 6.92 Å². The molecule has 0 bridgehead atoms.